The maximum absolute atomic E-state index is 5.26. The molecule has 0 fully saturated rings. The Balaban J connectivity index is 1.17. The van der Waals surface area contributed by atoms with Crippen molar-refractivity contribution in [3.8, 4) is 62.1 Å². The number of fused-ring (bicyclic) bond motifs is 6. The summed E-state index contributed by atoms with van der Waals surface area (Å²) in [5, 5.41) is 2.38. The van der Waals surface area contributed by atoms with Crippen molar-refractivity contribution < 1.29 is 0 Å². The molecular formula is C52H35N5S. The first-order valence-corrected chi connectivity index (χ1v) is 20.4. The predicted octanol–water partition coefficient (Wildman–Crippen LogP) is 13.6. The van der Waals surface area contributed by atoms with Crippen molar-refractivity contribution in [2.45, 2.75) is 6.92 Å². The SMILES string of the molecule is C[C@H]1C=Cc2c(n(-c3cc(-c4nc(-c5ccccc5)nc(-c5ccc(-c6ccccc6)cc5)n4)cc(-c4ccnc5c4sc4ccccc45)c3)c3ccccc23)C=C1. The third-order valence-electron chi connectivity index (χ3n) is 11.0. The van der Waals surface area contributed by atoms with Crippen molar-refractivity contribution in [3.63, 3.8) is 0 Å². The molecule has 11 rings (SSSR count). The second-order valence-corrected chi connectivity index (χ2v) is 15.8. The quantitative estimate of drug-likeness (QED) is 0.169. The predicted molar refractivity (Wildman–Crippen MR) is 242 cm³/mol. The molecule has 0 N–H and O–H groups in total. The minimum atomic E-state index is 0.321. The largest absolute Gasteiger partial charge is 0.309 e. The molecule has 6 heteroatoms. The molecule has 0 saturated heterocycles. The third-order valence-corrected chi connectivity index (χ3v) is 12.2. The number of benzene rings is 6. The second-order valence-electron chi connectivity index (χ2n) is 14.7. The van der Waals surface area contributed by atoms with Crippen LogP contribution in [0.3, 0.4) is 0 Å². The minimum Gasteiger partial charge on any atom is -0.309 e. The fourth-order valence-corrected chi connectivity index (χ4v) is 9.30. The van der Waals surface area contributed by atoms with E-state index in [9.17, 15) is 0 Å². The van der Waals surface area contributed by atoms with Gasteiger partial charge in [0, 0.05) is 55.2 Å². The van der Waals surface area contributed by atoms with Crippen LogP contribution in [0.25, 0.3) is 105 Å². The Morgan fingerprint density at radius 2 is 1.10 bits per heavy atom. The zero-order chi connectivity index (χ0) is 38.6. The van der Waals surface area contributed by atoms with E-state index in [1.165, 1.54) is 26.6 Å². The number of hydrogen-bond donors (Lipinski definition) is 0. The number of hydrogen-bond acceptors (Lipinski definition) is 5. The van der Waals surface area contributed by atoms with E-state index in [1.807, 2.05) is 30.5 Å². The van der Waals surface area contributed by atoms with Crippen molar-refractivity contribution in [1.82, 2.24) is 24.5 Å². The van der Waals surface area contributed by atoms with E-state index in [0.29, 0.717) is 23.4 Å². The fourth-order valence-electron chi connectivity index (χ4n) is 8.11. The number of rotatable bonds is 6. The van der Waals surface area contributed by atoms with Crippen LogP contribution in [-0.2, 0) is 0 Å². The van der Waals surface area contributed by atoms with E-state index >= 15 is 0 Å². The lowest BCUT2D eigenvalue weighted by Gasteiger charge is -2.15. The Kier molecular flexibility index (Phi) is 8.23. The minimum absolute atomic E-state index is 0.321. The van der Waals surface area contributed by atoms with Gasteiger partial charge in [0.15, 0.2) is 17.5 Å². The molecule has 4 aromatic heterocycles. The van der Waals surface area contributed by atoms with Gasteiger partial charge in [-0.3, -0.25) is 4.98 Å². The van der Waals surface area contributed by atoms with Gasteiger partial charge in [-0.25, -0.2) is 15.0 Å². The van der Waals surface area contributed by atoms with Gasteiger partial charge in [-0.15, -0.1) is 11.3 Å². The molecule has 0 amide bonds. The first kappa shape index (κ1) is 34.0. The van der Waals surface area contributed by atoms with E-state index in [-0.39, 0.29) is 0 Å². The lowest BCUT2D eigenvalue weighted by atomic mass is 10.0. The van der Waals surface area contributed by atoms with Gasteiger partial charge in [0.2, 0.25) is 0 Å². The zero-order valence-corrected chi connectivity index (χ0v) is 32.4. The lowest BCUT2D eigenvalue weighted by Crippen LogP contribution is -2.02. The van der Waals surface area contributed by atoms with Crippen LogP contribution in [0.4, 0.5) is 0 Å². The molecule has 274 valence electrons. The summed E-state index contributed by atoms with van der Waals surface area (Å²) in [5.41, 5.74) is 12.8. The molecule has 4 heterocycles. The summed E-state index contributed by atoms with van der Waals surface area (Å²) in [6, 6.07) is 55.2. The molecule has 58 heavy (non-hydrogen) atoms. The van der Waals surface area contributed by atoms with Crippen molar-refractivity contribution in [2.24, 2.45) is 5.92 Å². The number of pyridine rings is 1. The number of para-hydroxylation sites is 1. The van der Waals surface area contributed by atoms with E-state index in [1.54, 1.807) is 11.3 Å². The van der Waals surface area contributed by atoms with Gasteiger partial charge in [-0.1, -0.05) is 146 Å². The molecule has 0 aliphatic heterocycles. The molecule has 1 aliphatic carbocycles. The molecule has 5 nitrogen and oxygen atoms in total. The van der Waals surface area contributed by atoms with Crippen LogP contribution in [0.5, 0.6) is 0 Å². The van der Waals surface area contributed by atoms with Crippen LogP contribution in [0.15, 0.2) is 176 Å². The summed E-state index contributed by atoms with van der Waals surface area (Å²) < 4.78 is 4.76. The normalized spacial score (nSPS) is 13.6. The Morgan fingerprint density at radius 3 is 1.88 bits per heavy atom. The third kappa shape index (κ3) is 5.94. The molecule has 6 aromatic carbocycles. The molecule has 10 aromatic rings. The van der Waals surface area contributed by atoms with Crippen LogP contribution in [0, 0.1) is 5.92 Å². The average molecular weight is 762 g/mol. The lowest BCUT2D eigenvalue weighted by molar-refractivity contribution is 0.953. The summed E-state index contributed by atoms with van der Waals surface area (Å²) in [7, 11) is 0. The summed E-state index contributed by atoms with van der Waals surface area (Å²) in [6.45, 7) is 2.22. The number of aromatic nitrogens is 5. The van der Waals surface area contributed by atoms with E-state index < -0.39 is 0 Å². The van der Waals surface area contributed by atoms with Crippen molar-refractivity contribution in [1.29, 1.82) is 0 Å². The van der Waals surface area contributed by atoms with Crippen LogP contribution < -0.4 is 0 Å². The van der Waals surface area contributed by atoms with Crippen molar-refractivity contribution in [2.75, 3.05) is 0 Å². The first-order valence-electron chi connectivity index (χ1n) is 19.5. The smallest absolute Gasteiger partial charge is 0.164 e. The summed E-state index contributed by atoms with van der Waals surface area (Å²) >= 11 is 1.78. The Morgan fingerprint density at radius 1 is 0.517 bits per heavy atom. The topological polar surface area (TPSA) is 56.5 Å². The van der Waals surface area contributed by atoms with Crippen LogP contribution >= 0.6 is 11.3 Å². The molecule has 0 bridgehead atoms. The summed E-state index contributed by atoms with van der Waals surface area (Å²) in [5.74, 6) is 2.17. The average Bonchev–Trinajstić information content (AvgIpc) is 3.76. The fraction of sp³-hybridized carbons (Fsp3) is 0.0385. The number of thiophene rings is 1. The highest BCUT2D eigenvalue weighted by molar-refractivity contribution is 7.26. The highest BCUT2D eigenvalue weighted by Crippen LogP contribution is 2.42. The van der Waals surface area contributed by atoms with E-state index in [2.05, 4.69) is 169 Å². The van der Waals surface area contributed by atoms with Gasteiger partial charge in [0.25, 0.3) is 0 Å². The van der Waals surface area contributed by atoms with Gasteiger partial charge in [-0.2, -0.15) is 0 Å². The van der Waals surface area contributed by atoms with Gasteiger partial charge in [-0.05, 0) is 65.1 Å². The zero-order valence-electron chi connectivity index (χ0n) is 31.6. The van der Waals surface area contributed by atoms with Crippen LogP contribution in [0.2, 0.25) is 0 Å². The Hall–Kier alpha value is -7.28. The molecule has 1 atom stereocenters. The first-order chi connectivity index (χ1) is 28.6. The molecule has 0 spiro atoms. The standard InChI is InChI=1S/C52H35N5S/c1-33-20-26-43-42-16-8-10-18-45(42)57(46(43)27-21-33)40-31-38(41-28-29-53-48-44-17-9-11-19-47(44)58-49(41)48)30-39(32-40)52-55-50(36-14-6-3-7-15-36)54-51(56-52)37-24-22-35(23-25-37)34-12-4-2-5-13-34/h2-33H,1H3/t33-/m0/s1. The molecule has 1 aliphatic rings. The number of nitrogens with zero attached hydrogens (tertiary/aromatic N) is 5. The summed E-state index contributed by atoms with van der Waals surface area (Å²) in [6.07, 6.45) is 11.0. The highest BCUT2D eigenvalue weighted by Gasteiger charge is 2.21. The van der Waals surface area contributed by atoms with Crippen molar-refractivity contribution >= 4 is 54.7 Å². The van der Waals surface area contributed by atoms with Crippen LogP contribution in [0.1, 0.15) is 18.2 Å². The molecule has 0 radical (unpaired) electrons. The van der Waals surface area contributed by atoms with Crippen molar-refractivity contribution in [3.05, 3.63) is 187 Å². The number of allylic oxidation sites excluding steroid dienone is 2. The van der Waals surface area contributed by atoms with E-state index in [4.69, 9.17) is 19.9 Å². The van der Waals surface area contributed by atoms with Crippen LogP contribution in [-0.4, -0.2) is 24.5 Å². The van der Waals surface area contributed by atoms with Gasteiger partial charge in [0.1, 0.15) is 0 Å². The Bertz CT molecular complexity index is 3230. The maximum atomic E-state index is 5.26. The monoisotopic (exact) mass is 761 g/mol. The maximum Gasteiger partial charge on any atom is 0.164 e. The molecule has 0 unspecified atom stereocenters. The van der Waals surface area contributed by atoms with E-state index in [0.717, 1.165) is 60.5 Å². The van der Waals surface area contributed by atoms with Gasteiger partial charge < -0.3 is 4.57 Å². The second kappa shape index (κ2) is 14.0. The Labute approximate surface area is 340 Å². The van der Waals surface area contributed by atoms with Gasteiger partial charge >= 0.3 is 0 Å². The molecular weight excluding hydrogens is 727 g/mol. The summed E-state index contributed by atoms with van der Waals surface area (Å²) in [4.78, 5) is 20.5. The van der Waals surface area contributed by atoms with Gasteiger partial charge in [0.05, 0.1) is 21.4 Å². The highest BCUT2D eigenvalue weighted by atomic mass is 32.1. The molecule has 0 saturated carbocycles.